The first kappa shape index (κ1) is 10.8. The van der Waals surface area contributed by atoms with Crippen LogP contribution in [-0.4, -0.2) is 20.8 Å². The fourth-order valence-electron chi connectivity index (χ4n) is 1.90. The molecule has 15 heavy (non-hydrogen) atoms. The monoisotopic (exact) mass is 271 g/mol. The number of methoxy groups -OCH3 is 2. The second-order valence-electron chi connectivity index (χ2n) is 3.49. The molecule has 1 N–H and O–H groups in total. The maximum absolute atomic E-state index is 5.34. The average Bonchev–Trinajstić information content (AvgIpc) is 2.29. The molecule has 0 saturated carbocycles. The molecular weight excluding hydrogens is 258 g/mol. The van der Waals surface area contributed by atoms with Gasteiger partial charge in [-0.1, -0.05) is 0 Å². The number of hydrogen-bond donors (Lipinski definition) is 1. The normalized spacial score (nSPS) is 14.6. The molecule has 0 fully saturated rings. The lowest BCUT2D eigenvalue weighted by Gasteiger charge is -2.21. The number of nitrogens with one attached hydrogen (secondary N) is 1. The molecule has 0 unspecified atom stereocenters. The summed E-state index contributed by atoms with van der Waals surface area (Å²) >= 11 is 3.59. The van der Waals surface area contributed by atoms with Crippen LogP contribution in [0.3, 0.4) is 0 Å². The van der Waals surface area contributed by atoms with Gasteiger partial charge < -0.3 is 14.8 Å². The van der Waals surface area contributed by atoms with E-state index in [1.165, 1.54) is 11.1 Å². The summed E-state index contributed by atoms with van der Waals surface area (Å²) in [6.45, 7) is 1.91. The van der Waals surface area contributed by atoms with Gasteiger partial charge in [0.2, 0.25) is 0 Å². The molecule has 0 aliphatic carbocycles. The molecule has 0 radical (unpaired) electrons. The van der Waals surface area contributed by atoms with Crippen LogP contribution < -0.4 is 14.8 Å². The lowest BCUT2D eigenvalue weighted by Crippen LogP contribution is -2.24. The van der Waals surface area contributed by atoms with E-state index < -0.39 is 0 Å². The van der Waals surface area contributed by atoms with Crippen LogP contribution in [0.1, 0.15) is 11.1 Å². The van der Waals surface area contributed by atoms with Crippen molar-refractivity contribution in [1.82, 2.24) is 5.32 Å². The summed E-state index contributed by atoms with van der Waals surface area (Å²) in [7, 11) is 3.32. The lowest BCUT2D eigenvalue weighted by molar-refractivity contribution is 0.351. The van der Waals surface area contributed by atoms with Crippen LogP contribution in [0.2, 0.25) is 0 Å². The van der Waals surface area contributed by atoms with E-state index in [2.05, 4.69) is 21.2 Å². The Morgan fingerprint density at radius 2 is 2.13 bits per heavy atom. The molecular formula is C11H14BrNO2. The van der Waals surface area contributed by atoms with Gasteiger partial charge in [0.05, 0.1) is 18.7 Å². The summed E-state index contributed by atoms with van der Waals surface area (Å²) in [5, 5.41) is 3.34. The Hall–Kier alpha value is -0.740. The minimum Gasteiger partial charge on any atom is -0.493 e. The van der Waals surface area contributed by atoms with Crippen molar-refractivity contribution in [1.29, 1.82) is 0 Å². The maximum atomic E-state index is 5.34. The van der Waals surface area contributed by atoms with Crippen molar-refractivity contribution in [2.75, 3.05) is 20.8 Å². The lowest BCUT2D eigenvalue weighted by atomic mass is 10.0. The van der Waals surface area contributed by atoms with Crippen LogP contribution in [0, 0.1) is 0 Å². The molecule has 2 rings (SSSR count). The third kappa shape index (κ3) is 1.84. The summed E-state index contributed by atoms with van der Waals surface area (Å²) in [6, 6.07) is 2.05. The average molecular weight is 272 g/mol. The summed E-state index contributed by atoms with van der Waals surface area (Å²) in [4.78, 5) is 0. The predicted octanol–water partition coefficient (Wildman–Crippen LogP) is 2.11. The zero-order chi connectivity index (χ0) is 10.8. The highest BCUT2D eigenvalue weighted by Crippen LogP contribution is 2.40. The van der Waals surface area contributed by atoms with Crippen LogP contribution >= 0.6 is 15.9 Å². The van der Waals surface area contributed by atoms with Gasteiger partial charge in [-0.15, -0.1) is 0 Å². The third-order valence-corrected chi connectivity index (χ3v) is 3.51. The van der Waals surface area contributed by atoms with Crippen molar-refractivity contribution in [3.05, 3.63) is 21.7 Å². The molecule has 0 bridgehead atoms. The largest absolute Gasteiger partial charge is 0.493 e. The van der Waals surface area contributed by atoms with E-state index in [9.17, 15) is 0 Å². The van der Waals surface area contributed by atoms with Gasteiger partial charge in [0.15, 0.2) is 11.5 Å². The smallest absolute Gasteiger partial charge is 0.175 e. The first-order valence-corrected chi connectivity index (χ1v) is 5.70. The minimum absolute atomic E-state index is 0.784. The van der Waals surface area contributed by atoms with Gasteiger partial charge in [-0.2, -0.15) is 0 Å². The zero-order valence-electron chi connectivity index (χ0n) is 8.89. The van der Waals surface area contributed by atoms with Crippen LogP contribution in [0.15, 0.2) is 10.5 Å². The number of hydrogen-bond acceptors (Lipinski definition) is 3. The van der Waals surface area contributed by atoms with Gasteiger partial charge in [-0.3, -0.25) is 0 Å². The second kappa shape index (κ2) is 4.41. The van der Waals surface area contributed by atoms with E-state index in [1.807, 2.05) is 6.07 Å². The van der Waals surface area contributed by atoms with Crippen LogP contribution in [0.25, 0.3) is 0 Å². The maximum Gasteiger partial charge on any atom is 0.175 e. The summed E-state index contributed by atoms with van der Waals surface area (Å²) < 4.78 is 11.7. The van der Waals surface area contributed by atoms with Crippen molar-refractivity contribution in [2.45, 2.75) is 13.0 Å². The van der Waals surface area contributed by atoms with Crippen LogP contribution in [0.4, 0.5) is 0 Å². The molecule has 1 aromatic carbocycles. The van der Waals surface area contributed by atoms with Gasteiger partial charge in [-0.05, 0) is 46.1 Å². The van der Waals surface area contributed by atoms with Gasteiger partial charge in [0.1, 0.15) is 0 Å². The topological polar surface area (TPSA) is 30.5 Å². The van der Waals surface area contributed by atoms with E-state index in [0.717, 1.165) is 35.5 Å². The first-order valence-electron chi connectivity index (χ1n) is 4.91. The SMILES string of the molecule is COc1cc2c(c(Br)c1OC)CCNC2. The summed E-state index contributed by atoms with van der Waals surface area (Å²) in [6.07, 6.45) is 1.02. The molecule has 0 spiro atoms. The number of fused-ring (bicyclic) bond motifs is 1. The van der Waals surface area contributed by atoms with Gasteiger partial charge in [0.25, 0.3) is 0 Å². The molecule has 0 aromatic heterocycles. The van der Waals surface area contributed by atoms with Gasteiger partial charge in [0, 0.05) is 6.54 Å². The minimum atomic E-state index is 0.784. The van der Waals surface area contributed by atoms with Crippen molar-refractivity contribution in [3.63, 3.8) is 0 Å². The third-order valence-electron chi connectivity index (χ3n) is 2.67. The van der Waals surface area contributed by atoms with E-state index in [4.69, 9.17) is 9.47 Å². The van der Waals surface area contributed by atoms with Crippen molar-refractivity contribution < 1.29 is 9.47 Å². The molecule has 4 heteroatoms. The number of ether oxygens (including phenoxy) is 2. The highest BCUT2D eigenvalue weighted by Gasteiger charge is 2.19. The van der Waals surface area contributed by atoms with Crippen LogP contribution in [0.5, 0.6) is 11.5 Å². The quantitative estimate of drug-likeness (QED) is 0.894. The predicted molar refractivity (Wildman–Crippen MR) is 62.7 cm³/mol. The molecule has 3 nitrogen and oxygen atoms in total. The van der Waals surface area contributed by atoms with E-state index >= 15 is 0 Å². The molecule has 0 atom stereocenters. The van der Waals surface area contributed by atoms with Crippen molar-refractivity contribution in [2.24, 2.45) is 0 Å². The molecule has 1 aliphatic rings. The Balaban J connectivity index is 2.57. The second-order valence-corrected chi connectivity index (χ2v) is 4.28. The molecule has 1 aliphatic heterocycles. The highest BCUT2D eigenvalue weighted by molar-refractivity contribution is 9.10. The van der Waals surface area contributed by atoms with E-state index in [1.54, 1.807) is 14.2 Å². The standard InChI is InChI=1S/C11H14BrNO2/c1-14-9-5-7-6-13-4-3-8(7)10(12)11(9)15-2/h5,13H,3-4,6H2,1-2H3. The Bertz CT molecular complexity index is 365. The molecule has 82 valence electrons. The molecule has 0 amide bonds. The Labute approximate surface area is 97.9 Å². The van der Waals surface area contributed by atoms with E-state index in [-0.39, 0.29) is 0 Å². The Kier molecular flexibility index (Phi) is 3.17. The molecule has 0 saturated heterocycles. The first-order chi connectivity index (χ1) is 7.27. The van der Waals surface area contributed by atoms with Gasteiger partial charge >= 0.3 is 0 Å². The van der Waals surface area contributed by atoms with E-state index in [0.29, 0.717) is 0 Å². The molecule has 1 aromatic rings. The zero-order valence-corrected chi connectivity index (χ0v) is 10.5. The summed E-state index contributed by atoms with van der Waals surface area (Å²) in [5.74, 6) is 1.57. The van der Waals surface area contributed by atoms with Crippen LogP contribution in [-0.2, 0) is 13.0 Å². The van der Waals surface area contributed by atoms with Gasteiger partial charge in [-0.25, -0.2) is 0 Å². The summed E-state index contributed by atoms with van der Waals surface area (Å²) in [5.41, 5.74) is 2.61. The number of benzene rings is 1. The van der Waals surface area contributed by atoms with Crippen molar-refractivity contribution in [3.8, 4) is 11.5 Å². The number of halogens is 1. The fraction of sp³-hybridized carbons (Fsp3) is 0.455. The molecule has 1 heterocycles. The van der Waals surface area contributed by atoms with Crippen molar-refractivity contribution >= 4 is 15.9 Å². The Morgan fingerprint density at radius 1 is 1.33 bits per heavy atom. The Morgan fingerprint density at radius 3 is 2.80 bits per heavy atom. The number of rotatable bonds is 2. The fourth-order valence-corrected chi connectivity index (χ4v) is 2.71. The highest BCUT2D eigenvalue weighted by atomic mass is 79.9.